The van der Waals surface area contributed by atoms with E-state index in [1.54, 1.807) is 6.07 Å². The van der Waals surface area contributed by atoms with Crippen LogP contribution in [0.1, 0.15) is 32.0 Å². The van der Waals surface area contributed by atoms with Crippen LogP contribution >= 0.6 is 0 Å². The van der Waals surface area contributed by atoms with Crippen LogP contribution in [0.15, 0.2) is 36.8 Å². The second-order valence-electron chi connectivity index (χ2n) is 4.41. The van der Waals surface area contributed by atoms with Crippen LogP contribution in [0.2, 0.25) is 0 Å². The third-order valence-electron chi connectivity index (χ3n) is 2.79. The molecule has 0 aliphatic carbocycles. The molecule has 0 atom stereocenters. The highest BCUT2D eigenvalue weighted by Crippen LogP contribution is 2.11. The fourth-order valence-electron chi connectivity index (χ4n) is 1.81. The number of carbonyl (C=O) groups excluding carboxylic acids is 2. The largest absolute Gasteiger partial charge is 0.453 e. The van der Waals surface area contributed by atoms with Gasteiger partial charge in [-0.2, -0.15) is 0 Å². The molecule has 0 spiro atoms. The van der Waals surface area contributed by atoms with E-state index in [0.717, 1.165) is 11.1 Å². The predicted octanol–water partition coefficient (Wildman–Crippen LogP) is 2.13. The zero-order valence-electron chi connectivity index (χ0n) is 11.3. The molecule has 0 N–H and O–H groups in total. The summed E-state index contributed by atoms with van der Waals surface area (Å²) < 4.78 is 4.94. The third kappa shape index (κ3) is 3.26. The molecule has 0 amide bonds. The highest BCUT2D eigenvalue weighted by molar-refractivity contribution is 6.00. The first-order valence-corrected chi connectivity index (χ1v) is 6.11. The van der Waals surface area contributed by atoms with Gasteiger partial charge in [-0.05, 0) is 19.4 Å². The quantitative estimate of drug-likeness (QED) is 0.629. The van der Waals surface area contributed by atoms with Crippen molar-refractivity contribution >= 4 is 11.8 Å². The first kappa shape index (κ1) is 13.9. The van der Waals surface area contributed by atoms with Crippen molar-refractivity contribution in [1.82, 2.24) is 9.97 Å². The Morgan fingerprint density at radius 3 is 2.65 bits per heavy atom. The molecular weight excluding hydrogens is 256 g/mol. The van der Waals surface area contributed by atoms with E-state index in [2.05, 4.69) is 9.97 Å². The summed E-state index contributed by atoms with van der Waals surface area (Å²) in [4.78, 5) is 31.2. The van der Waals surface area contributed by atoms with Gasteiger partial charge in [-0.3, -0.25) is 9.78 Å². The van der Waals surface area contributed by atoms with E-state index in [-0.39, 0.29) is 18.1 Å². The van der Waals surface area contributed by atoms with E-state index in [1.165, 1.54) is 18.6 Å². The lowest BCUT2D eigenvalue weighted by Gasteiger charge is -2.07. The van der Waals surface area contributed by atoms with Crippen LogP contribution in [0.5, 0.6) is 0 Å². The fraction of sp³-hybridized carbons (Fsp3) is 0.200. The summed E-state index contributed by atoms with van der Waals surface area (Å²) in [7, 11) is 0. The van der Waals surface area contributed by atoms with E-state index in [9.17, 15) is 9.59 Å². The van der Waals surface area contributed by atoms with Gasteiger partial charge in [-0.25, -0.2) is 9.78 Å². The van der Waals surface area contributed by atoms with Crippen LogP contribution in [-0.4, -0.2) is 28.3 Å². The van der Waals surface area contributed by atoms with Gasteiger partial charge in [0.1, 0.15) is 0 Å². The molecule has 1 aromatic heterocycles. The lowest BCUT2D eigenvalue weighted by atomic mass is 10.0. The van der Waals surface area contributed by atoms with Gasteiger partial charge in [-0.1, -0.05) is 23.8 Å². The van der Waals surface area contributed by atoms with Crippen molar-refractivity contribution in [2.75, 3.05) is 6.61 Å². The number of Topliss-reactive ketones (excluding diaryl/α,β-unsaturated/α-hetero) is 1. The average molecular weight is 270 g/mol. The lowest BCUT2D eigenvalue weighted by molar-refractivity contribution is 0.0468. The molecule has 0 aliphatic heterocycles. The molecular formula is C15H14N2O3. The number of benzene rings is 1. The topological polar surface area (TPSA) is 69.2 Å². The summed E-state index contributed by atoms with van der Waals surface area (Å²) in [6.45, 7) is 3.50. The van der Waals surface area contributed by atoms with Crippen LogP contribution in [0.3, 0.4) is 0 Å². The lowest BCUT2D eigenvalue weighted by Crippen LogP contribution is -2.16. The summed E-state index contributed by atoms with van der Waals surface area (Å²) in [5.41, 5.74) is 2.59. The molecule has 0 bridgehead atoms. The summed E-state index contributed by atoms with van der Waals surface area (Å²) in [5.74, 6) is -0.893. The molecule has 20 heavy (non-hydrogen) atoms. The van der Waals surface area contributed by atoms with Gasteiger partial charge < -0.3 is 4.74 Å². The van der Waals surface area contributed by atoms with Crippen LogP contribution in [0, 0.1) is 13.8 Å². The Labute approximate surface area is 116 Å². The number of aromatic nitrogens is 2. The highest BCUT2D eigenvalue weighted by atomic mass is 16.5. The maximum atomic E-state index is 12.0. The molecule has 0 unspecified atom stereocenters. The molecule has 0 saturated carbocycles. The minimum Gasteiger partial charge on any atom is -0.453 e. The number of carbonyl (C=O) groups is 2. The normalized spacial score (nSPS) is 10.1. The van der Waals surface area contributed by atoms with Gasteiger partial charge in [0.05, 0.1) is 6.20 Å². The Balaban J connectivity index is 2.00. The molecule has 0 saturated heterocycles. The second-order valence-corrected chi connectivity index (χ2v) is 4.41. The van der Waals surface area contributed by atoms with Gasteiger partial charge in [0.2, 0.25) is 5.78 Å². The van der Waals surface area contributed by atoms with E-state index in [4.69, 9.17) is 4.74 Å². The maximum Gasteiger partial charge on any atom is 0.358 e. The summed E-state index contributed by atoms with van der Waals surface area (Å²) >= 11 is 0. The number of hydrogen-bond acceptors (Lipinski definition) is 5. The molecule has 0 fully saturated rings. The van der Waals surface area contributed by atoms with E-state index in [0.29, 0.717) is 5.56 Å². The SMILES string of the molecule is Cc1ccc(C(=O)COC(=O)c2cnccn2)c(C)c1. The number of aryl methyl sites for hydroxylation is 2. The molecule has 2 rings (SSSR count). The van der Waals surface area contributed by atoms with E-state index >= 15 is 0 Å². The zero-order chi connectivity index (χ0) is 14.5. The molecule has 1 aromatic carbocycles. The van der Waals surface area contributed by atoms with Crippen LogP contribution in [0.4, 0.5) is 0 Å². The monoisotopic (exact) mass is 270 g/mol. The van der Waals surface area contributed by atoms with Crippen LogP contribution in [0.25, 0.3) is 0 Å². The van der Waals surface area contributed by atoms with Gasteiger partial charge in [0.25, 0.3) is 0 Å². The fourth-order valence-corrected chi connectivity index (χ4v) is 1.81. The first-order chi connectivity index (χ1) is 9.58. The van der Waals surface area contributed by atoms with Crippen molar-refractivity contribution in [3.05, 3.63) is 59.2 Å². The van der Waals surface area contributed by atoms with Crippen molar-refractivity contribution in [2.24, 2.45) is 0 Å². The minimum absolute atomic E-state index is 0.0842. The van der Waals surface area contributed by atoms with Gasteiger partial charge in [0, 0.05) is 18.0 Å². The molecule has 2 aromatic rings. The molecule has 5 nitrogen and oxygen atoms in total. The molecule has 1 heterocycles. The third-order valence-corrected chi connectivity index (χ3v) is 2.79. The van der Waals surface area contributed by atoms with E-state index < -0.39 is 5.97 Å². The van der Waals surface area contributed by atoms with Crippen molar-refractivity contribution in [3.8, 4) is 0 Å². The molecule has 5 heteroatoms. The number of rotatable bonds is 4. The molecule has 0 radical (unpaired) electrons. The number of ether oxygens (including phenoxy) is 1. The van der Waals surface area contributed by atoms with Crippen molar-refractivity contribution < 1.29 is 14.3 Å². The van der Waals surface area contributed by atoms with Crippen molar-refractivity contribution in [3.63, 3.8) is 0 Å². The standard InChI is InChI=1S/C15H14N2O3/c1-10-3-4-12(11(2)7-10)14(18)9-20-15(19)13-8-16-5-6-17-13/h3-8H,9H2,1-2H3. The zero-order valence-corrected chi connectivity index (χ0v) is 11.3. The van der Waals surface area contributed by atoms with Gasteiger partial charge >= 0.3 is 5.97 Å². The number of nitrogens with zero attached hydrogens (tertiary/aromatic N) is 2. The van der Waals surface area contributed by atoms with Crippen LogP contribution < -0.4 is 0 Å². The van der Waals surface area contributed by atoms with Crippen molar-refractivity contribution in [1.29, 1.82) is 0 Å². The van der Waals surface area contributed by atoms with Crippen molar-refractivity contribution in [2.45, 2.75) is 13.8 Å². The van der Waals surface area contributed by atoms with E-state index in [1.807, 2.05) is 26.0 Å². The smallest absolute Gasteiger partial charge is 0.358 e. The van der Waals surface area contributed by atoms with Crippen LogP contribution in [-0.2, 0) is 4.74 Å². The average Bonchev–Trinajstić information content (AvgIpc) is 2.45. The Morgan fingerprint density at radius 2 is 2.00 bits per heavy atom. The maximum absolute atomic E-state index is 12.0. The Morgan fingerprint density at radius 1 is 1.20 bits per heavy atom. The summed E-state index contributed by atoms with van der Waals surface area (Å²) in [5, 5.41) is 0. The number of esters is 1. The Bertz CT molecular complexity index is 639. The number of ketones is 1. The summed E-state index contributed by atoms with van der Waals surface area (Å²) in [6.07, 6.45) is 4.14. The first-order valence-electron chi connectivity index (χ1n) is 6.11. The van der Waals surface area contributed by atoms with Gasteiger partial charge in [-0.15, -0.1) is 0 Å². The molecule has 0 aliphatic rings. The second kappa shape index (κ2) is 6.06. The van der Waals surface area contributed by atoms with Gasteiger partial charge in [0.15, 0.2) is 12.3 Å². The number of hydrogen-bond donors (Lipinski definition) is 0. The minimum atomic E-state index is -0.656. The summed E-state index contributed by atoms with van der Waals surface area (Å²) in [6, 6.07) is 5.51. The Hall–Kier alpha value is -2.56. The predicted molar refractivity (Wildman–Crippen MR) is 72.6 cm³/mol. The highest BCUT2D eigenvalue weighted by Gasteiger charge is 2.14. The molecule has 102 valence electrons. The Kier molecular flexibility index (Phi) is 4.20.